The van der Waals surface area contributed by atoms with E-state index in [9.17, 15) is 0 Å². The molecule has 0 spiro atoms. The maximum Gasteiger partial charge on any atom is 0.0727 e. The van der Waals surface area contributed by atoms with Crippen molar-refractivity contribution >= 4 is 39.2 Å². The Bertz CT molecular complexity index is 1570. The van der Waals surface area contributed by atoms with Crippen molar-refractivity contribution in [2.45, 2.75) is 79.6 Å². The first kappa shape index (κ1) is 32.9. The molecule has 45 heavy (non-hydrogen) atoms. The lowest BCUT2D eigenvalue weighted by Crippen LogP contribution is -2.39. The molecular formula is C39H55N5O. The van der Waals surface area contributed by atoms with Crippen LogP contribution < -0.4 is 30.9 Å². The third kappa shape index (κ3) is 9.03. The molecule has 3 aromatic rings. The Hall–Kier alpha value is -3.51. The molecule has 2 saturated heterocycles. The number of hydrogen-bond acceptors (Lipinski definition) is 6. The van der Waals surface area contributed by atoms with Crippen LogP contribution in [0.15, 0.2) is 54.1 Å². The Kier molecular flexibility index (Phi) is 11.8. The largest absolute Gasteiger partial charge is 0.385 e. The standard InChI is InChI=1S/C39H55N5O/c1-29(2)25-38(35-27-32(13-15-34(35)30(3)4)44-21-23-45-24-22-44)40-17-9-6-7-10-18-41-39-26-31(5)42-37-16-14-33(28-36(37)39)43-19-11-8-12-20-43/h13-16,25-28,40H,6-12,17-24H2,1-5H3,(H,41,42)/b38-35+. The predicted molar refractivity (Wildman–Crippen MR) is 194 cm³/mol. The Morgan fingerprint density at radius 1 is 0.778 bits per heavy atom. The quantitative estimate of drug-likeness (QED) is 0.218. The van der Waals surface area contributed by atoms with E-state index in [1.807, 2.05) is 0 Å². The monoisotopic (exact) mass is 609 g/mol. The number of fused-ring (bicyclic) bond motifs is 1. The highest BCUT2D eigenvalue weighted by atomic mass is 16.5. The van der Waals surface area contributed by atoms with Crippen molar-refractivity contribution in [1.29, 1.82) is 0 Å². The molecule has 6 heteroatoms. The van der Waals surface area contributed by atoms with Gasteiger partial charge in [-0.3, -0.25) is 4.98 Å². The van der Waals surface area contributed by atoms with Crippen LogP contribution in [0.25, 0.3) is 22.2 Å². The number of aryl methyl sites for hydroxylation is 1. The van der Waals surface area contributed by atoms with Crippen molar-refractivity contribution in [1.82, 2.24) is 10.3 Å². The lowest BCUT2D eigenvalue weighted by molar-refractivity contribution is 0.122. The second kappa shape index (κ2) is 16.2. The van der Waals surface area contributed by atoms with Gasteiger partial charge in [-0.1, -0.05) is 30.1 Å². The van der Waals surface area contributed by atoms with Crippen molar-refractivity contribution < 1.29 is 4.74 Å². The molecule has 2 aliphatic rings. The summed E-state index contributed by atoms with van der Waals surface area (Å²) in [5.74, 6) is 0. The van der Waals surface area contributed by atoms with Gasteiger partial charge in [0.25, 0.3) is 0 Å². The summed E-state index contributed by atoms with van der Waals surface area (Å²) in [6, 6.07) is 16.0. The number of piperidine rings is 1. The van der Waals surface area contributed by atoms with Gasteiger partial charge < -0.3 is 25.2 Å². The molecule has 0 saturated carbocycles. The zero-order valence-electron chi connectivity index (χ0n) is 28.5. The number of anilines is 3. The van der Waals surface area contributed by atoms with Crippen molar-refractivity contribution in [3.8, 4) is 0 Å². The fourth-order valence-electron chi connectivity index (χ4n) is 6.61. The summed E-state index contributed by atoms with van der Waals surface area (Å²) in [4.78, 5) is 9.79. The van der Waals surface area contributed by atoms with Crippen LogP contribution in [0.5, 0.6) is 0 Å². The summed E-state index contributed by atoms with van der Waals surface area (Å²) in [6.07, 6.45) is 11.0. The molecule has 1 aromatic heterocycles. The summed E-state index contributed by atoms with van der Waals surface area (Å²) in [5.41, 5.74) is 9.87. The normalized spacial score (nSPS) is 16.0. The van der Waals surface area contributed by atoms with Gasteiger partial charge >= 0.3 is 0 Å². The van der Waals surface area contributed by atoms with Gasteiger partial charge in [-0.15, -0.1) is 0 Å². The number of hydrogen-bond donors (Lipinski definition) is 2. The minimum absolute atomic E-state index is 0.798. The molecule has 0 aliphatic carbocycles. The maximum atomic E-state index is 5.60. The smallest absolute Gasteiger partial charge is 0.0727 e. The van der Waals surface area contributed by atoms with Crippen molar-refractivity contribution in [2.24, 2.45) is 0 Å². The third-order valence-electron chi connectivity index (χ3n) is 9.02. The van der Waals surface area contributed by atoms with Crippen LogP contribution in [-0.4, -0.2) is 57.5 Å². The van der Waals surface area contributed by atoms with E-state index in [0.29, 0.717) is 0 Å². The van der Waals surface area contributed by atoms with Crippen LogP contribution in [-0.2, 0) is 4.74 Å². The number of ether oxygens (including phenoxy) is 1. The van der Waals surface area contributed by atoms with Gasteiger partial charge in [0, 0.05) is 78.3 Å². The van der Waals surface area contributed by atoms with Crippen LogP contribution in [0.3, 0.4) is 0 Å². The number of unbranched alkanes of at least 4 members (excludes halogenated alkanes) is 3. The number of nitrogens with zero attached hydrogens (tertiary/aromatic N) is 3. The summed E-state index contributed by atoms with van der Waals surface area (Å²) >= 11 is 0. The highest BCUT2D eigenvalue weighted by molar-refractivity contribution is 5.94. The molecular weight excluding hydrogens is 554 g/mol. The van der Waals surface area contributed by atoms with E-state index in [4.69, 9.17) is 9.72 Å². The summed E-state index contributed by atoms with van der Waals surface area (Å²) in [6.45, 7) is 18.7. The molecule has 0 unspecified atom stereocenters. The molecule has 5 rings (SSSR count). The summed E-state index contributed by atoms with van der Waals surface area (Å²) in [7, 11) is 0. The van der Waals surface area contributed by atoms with Crippen molar-refractivity contribution in [2.75, 3.05) is 67.6 Å². The fourth-order valence-corrected chi connectivity index (χ4v) is 6.61. The average Bonchev–Trinajstić information content (AvgIpc) is 3.05. The minimum Gasteiger partial charge on any atom is -0.385 e. The first-order chi connectivity index (χ1) is 21.9. The predicted octanol–water partition coefficient (Wildman–Crippen LogP) is 6.90. The molecule has 3 heterocycles. The van der Waals surface area contributed by atoms with Crippen LogP contribution in [0.1, 0.15) is 78.3 Å². The Morgan fingerprint density at radius 3 is 2.20 bits per heavy atom. The molecule has 2 aromatic carbocycles. The molecule has 242 valence electrons. The molecule has 6 nitrogen and oxygen atoms in total. The number of nitrogens with one attached hydrogen (secondary N) is 2. The molecule has 2 N–H and O–H groups in total. The van der Waals surface area contributed by atoms with E-state index in [2.05, 4.69) is 104 Å². The topological polar surface area (TPSA) is 52.7 Å². The number of benzene rings is 2. The molecule has 2 aliphatic heterocycles. The van der Waals surface area contributed by atoms with Gasteiger partial charge in [-0.05, 0) is 114 Å². The lowest BCUT2D eigenvalue weighted by Gasteiger charge is -2.29. The van der Waals surface area contributed by atoms with Crippen LogP contribution in [0.4, 0.5) is 17.1 Å². The van der Waals surface area contributed by atoms with E-state index < -0.39 is 0 Å². The highest BCUT2D eigenvalue weighted by Gasteiger charge is 2.14. The van der Waals surface area contributed by atoms with E-state index in [1.54, 1.807) is 0 Å². The number of rotatable bonds is 12. The van der Waals surface area contributed by atoms with E-state index in [-0.39, 0.29) is 0 Å². The minimum atomic E-state index is 0.798. The van der Waals surface area contributed by atoms with E-state index in [1.165, 1.54) is 81.8 Å². The third-order valence-corrected chi connectivity index (χ3v) is 9.02. The molecule has 2 fully saturated rings. The first-order valence-electron chi connectivity index (χ1n) is 17.3. The van der Waals surface area contributed by atoms with Crippen molar-refractivity contribution in [3.63, 3.8) is 0 Å². The van der Waals surface area contributed by atoms with E-state index in [0.717, 1.165) is 76.5 Å². The molecule has 0 radical (unpaired) electrons. The van der Waals surface area contributed by atoms with Gasteiger partial charge in [-0.25, -0.2) is 0 Å². The molecule has 0 amide bonds. The van der Waals surface area contributed by atoms with Crippen molar-refractivity contribution in [3.05, 3.63) is 70.2 Å². The Morgan fingerprint density at radius 2 is 1.47 bits per heavy atom. The maximum absolute atomic E-state index is 5.60. The van der Waals surface area contributed by atoms with Crippen LogP contribution >= 0.6 is 0 Å². The van der Waals surface area contributed by atoms with Crippen LogP contribution in [0.2, 0.25) is 0 Å². The second-order valence-corrected chi connectivity index (χ2v) is 13.3. The zero-order valence-corrected chi connectivity index (χ0v) is 28.5. The Labute approximate surface area is 271 Å². The zero-order chi connectivity index (χ0) is 31.6. The van der Waals surface area contributed by atoms with Gasteiger partial charge in [-0.2, -0.15) is 0 Å². The molecule has 0 bridgehead atoms. The summed E-state index contributed by atoms with van der Waals surface area (Å²) < 4.78 is 5.60. The second-order valence-electron chi connectivity index (χ2n) is 13.3. The number of aromatic nitrogens is 1. The Balaban J connectivity index is 1.17. The highest BCUT2D eigenvalue weighted by Crippen LogP contribution is 2.29. The average molecular weight is 610 g/mol. The number of allylic oxidation sites excluding steroid dienone is 1. The molecule has 0 atom stereocenters. The summed E-state index contributed by atoms with van der Waals surface area (Å²) in [5, 5.41) is 11.4. The number of pyridine rings is 1. The number of morpholine rings is 1. The van der Waals surface area contributed by atoms with Crippen LogP contribution in [0, 0.1) is 6.92 Å². The lowest BCUT2D eigenvalue weighted by atomic mass is 10.1. The van der Waals surface area contributed by atoms with E-state index >= 15 is 0 Å². The van der Waals surface area contributed by atoms with Gasteiger partial charge in [0.05, 0.1) is 18.7 Å². The fraction of sp³-hybridized carbons (Fsp3) is 0.513. The first-order valence-corrected chi connectivity index (χ1v) is 17.3. The van der Waals surface area contributed by atoms with Gasteiger partial charge in [0.2, 0.25) is 0 Å². The SMILES string of the molecule is CC(C)=C/C(NCCCCCCNc1cc(C)nc2ccc(N3CCCCC3)cc12)=c1/cc(N2CCOCC2)ccc1=C(C)C. The van der Waals surface area contributed by atoms with Gasteiger partial charge in [0.15, 0.2) is 0 Å². The van der Waals surface area contributed by atoms with Gasteiger partial charge in [0.1, 0.15) is 0 Å².